The van der Waals surface area contributed by atoms with E-state index in [2.05, 4.69) is 4.90 Å². The van der Waals surface area contributed by atoms with Crippen molar-refractivity contribution in [2.45, 2.75) is 12.1 Å². The molecule has 4 nitrogen and oxygen atoms in total. The van der Waals surface area contributed by atoms with Crippen molar-refractivity contribution in [3.63, 3.8) is 0 Å². The summed E-state index contributed by atoms with van der Waals surface area (Å²) in [6, 6.07) is 9.33. The smallest absolute Gasteiger partial charge is 0.0953 e. The van der Waals surface area contributed by atoms with Crippen molar-refractivity contribution in [1.29, 1.82) is 0 Å². The van der Waals surface area contributed by atoms with Crippen molar-refractivity contribution in [1.82, 2.24) is 4.90 Å². The van der Waals surface area contributed by atoms with Crippen LogP contribution < -0.4 is 5.73 Å². The van der Waals surface area contributed by atoms with Crippen molar-refractivity contribution < 1.29 is 9.84 Å². The Morgan fingerprint density at radius 2 is 1.74 bits per heavy atom. The van der Waals surface area contributed by atoms with Crippen LogP contribution in [0, 0.1) is 0 Å². The fourth-order valence-electron chi connectivity index (χ4n) is 2.08. The monoisotopic (exact) mass is 304 g/mol. The van der Waals surface area contributed by atoms with Gasteiger partial charge in [0.25, 0.3) is 0 Å². The highest BCUT2D eigenvalue weighted by atomic mass is 32.1. The molecular weight excluding hydrogens is 280 g/mol. The molecule has 0 bridgehead atoms. The maximum absolute atomic E-state index is 10.1. The normalized spacial score (nSPS) is 18.8. The third-order valence-electron chi connectivity index (χ3n) is 3.12. The molecule has 1 fully saturated rings. The Morgan fingerprint density at radius 3 is 2.32 bits per heavy atom. The van der Waals surface area contributed by atoms with E-state index in [9.17, 15) is 5.11 Å². The Labute approximate surface area is 128 Å². The molecule has 1 heterocycles. The third-order valence-corrected chi connectivity index (χ3v) is 3.12. The largest absolute Gasteiger partial charge is 0.387 e. The van der Waals surface area contributed by atoms with Crippen LogP contribution in [0.5, 0.6) is 0 Å². The van der Waals surface area contributed by atoms with E-state index in [1.54, 1.807) is 0 Å². The van der Waals surface area contributed by atoms with Crippen molar-refractivity contribution in [2.75, 3.05) is 32.8 Å². The number of nitrogens with zero attached hydrogens (tertiary/aromatic N) is 1. The van der Waals surface area contributed by atoms with E-state index in [-0.39, 0.29) is 33.0 Å². The van der Waals surface area contributed by atoms with Crippen molar-refractivity contribution in [2.24, 2.45) is 5.73 Å². The molecule has 0 spiro atoms. The molecule has 0 aromatic heterocycles. The topological polar surface area (TPSA) is 58.7 Å². The summed E-state index contributed by atoms with van der Waals surface area (Å²) in [5, 5.41) is 10.1. The minimum Gasteiger partial charge on any atom is -0.387 e. The average Bonchev–Trinajstić information content (AvgIpc) is 2.40. The molecule has 0 unspecified atom stereocenters. The van der Waals surface area contributed by atoms with Crippen molar-refractivity contribution >= 4 is 27.0 Å². The summed E-state index contributed by atoms with van der Waals surface area (Å²) in [6.07, 6.45) is -0.598. The summed E-state index contributed by atoms with van der Waals surface area (Å²) < 4.78 is 5.28. The first-order valence-corrected chi connectivity index (χ1v) is 6.06. The van der Waals surface area contributed by atoms with Crippen LogP contribution in [0.1, 0.15) is 11.7 Å². The van der Waals surface area contributed by atoms with Gasteiger partial charge in [-0.3, -0.25) is 4.90 Å². The molecule has 1 aromatic carbocycles. The summed E-state index contributed by atoms with van der Waals surface area (Å²) in [6.45, 7) is 4.02. The summed E-state index contributed by atoms with van der Waals surface area (Å²) in [5.74, 6) is 0. The molecule has 0 saturated carbocycles. The van der Waals surface area contributed by atoms with Gasteiger partial charge in [-0.2, -0.15) is 27.0 Å². The Bertz CT molecular complexity index is 335. The average molecular weight is 304 g/mol. The Morgan fingerprint density at radius 1 is 1.16 bits per heavy atom. The van der Waals surface area contributed by atoms with E-state index in [0.717, 1.165) is 31.9 Å². The first-order chi connectivity index (χ1) is 8.27. The lowest BCUT2D eigenvalue weighted by Gasteiger charge is -2.30. The SMILES string of the molecule is N[C@@H](CN1CCOCC1)[C@@H](O)c1ccccc1.S.S. The number of nitrogens with two attached hydrogens (primary N) is 1. The highest BCUT2D eigenvalue weighted by molar-refractivity contribution is 7.59. The lowest BCUT2D eigenvalue weighted by Crippen LogP contribution is -2.45. The van der Waals surface area contributed by atoms with Crippen LogP contribution in [0.15, 0.2) is 30.3 Å². The molecule has 2 atom stereocenters. The van der Waals surface area contributed by atoms with Crippen LogP contribution in [-0.4, -0.2) is 48.9 Å². The molecule has 0 amide bonds. The van der Waals surface area contributed by atoms with Crippen LogP contribution in [-0.2, 0) is 4.74 Å². The second-order valence-electron chi connectivity index (χ2n) is 4.43. The van der Waals surface area contributed by atoms with Crippen LogP contribution in [0.2, 0.25) is 0 Å². The Hall–Kier alpha value is -0.240. The van der Waals surface area contributed by atoms with E-state index in [1.165, 1.54) is 0 Å². The summed E-state index contributed by atoms with van der Waals surface area (Å²) >= 11 is 0. The van der Waals surface area contributed by atoms with Gasteiger partial charge in [-0.15, -0.1) is 0 Å². The maximum Gasteiger partial charge on any atom is 0.0953 e. The second-order valence-corrected chi connectivity index (χ2v) is 4.43. The highest BCUT2D eigenvalue weighted by Gasteiger charge is 2.20. The van der Waals surface area contributed by atoms with Gasteiger partial charge in [-0.25, -0.2) is 0 Å². The predicted octanol–water partition coefficient (Wildman–Crippen LogP) is 0.605. The number of benzene rings is 1. The number of ether oxygens (including phenoxy) is 1. The van der Waals surface area contributed by atoms with Gasteiger partial charge in [0.2, 0.25) is 0 Å². The summed E-state index contributed by atoms with van der Waals surface area (Å²) in [5.41, 5.74) is 6.93. The first kappa shape index (κ1) is 18.8. The van der Waals surface area contributed by atoms with Crippen LogP contribution >= 0.6 is 27.0 Å². The molecule has 1 aliphatic heterocycles. The summed E-state index contributed by atoms with van der Waals surface area (Å²) in [7, 11) is 0. The predicted molar refractivity (Wildman–Crippen MR) is 87.4 cm³/mol. The van der Waals surface area contributed by atoms with E-state index in [1.807, 2.05) is 30.3 Å². The zero-order chi connectivity index (χ0) is 12.1. The van der Waals surface area contributed by atoms with E-state index in [4.69, 9.17) is 10.5 Å². The molecular formula is C13H24N2O2S2. The first-order valence-electron chi connectivity index (χ1n) is 6.06. The Kier molecular flexibility index (Phi) is 9.51. The summed E-state index contributed by atoms with van der Waals surface area (Å²) in [4.78, 5) is 2.24. The fourth-order valence-corrected chi connectivity index (χ4v) is 2.08. The number of hydrogen-bond donors (Lipinski definition) is 2. The molecule has 2 rings (SSSR count). The molecule has 3 N–H and O–H groups in total. The molecule has 0 radical (unpaired) electrons. The van der Waals surface area contributed by atoms with Gasteiger partial charge in [0.15, 0.2) is 0 Å². The van der Waals surface area contributed by atoms with Gasteiger partial charge in [-0.05, 0) is 5.56 Å². The molecule has 1 aromatic rings. The van der Waals surface area contributed by atoms with Gasteiger partial charge < -0.3 is 15.6 Å². The zero-order valence-corrected chi connectivity index (χ0v) is 13.0. The number of aliphatic hydroxyl groups is 1. The van der Waals surface area contributed by atoms with Gasteiger partial charge >= 0.3 is 0 Å². The minimum atomic E-state index is -0.598. The van der Waals surface area contributed by atoms with E-state index in [0.29, 0.717) is 6.54 Å². The molecule has 1 saturated heterocycles. The second kappa shape index (κ2) is 9.63. The lowest BCUT2D eigenvalue weighted by molar-refractivity contribution is 0.0249. The van der Waals surface area contributed by atoms with Crippen molar-refractivity contribution in [3.05, 3.63) is 35.9 Å². The quantitative estimate of drug-likeness (QED) is 0.855. The Balaban J connectivity index is 0.00000162. The number of hydrogen-bond acceptors (Lipinski definition) is 4. The van der Waals surface area contributed by atoms with Gasteiger partial charge in [0, 0.05) is 25.7 Å². The van der Waals surface area contributed by atoms with Gasteiger partial charge in [0.05, 0.1) is 19.3 Å². The lowest BCUT2D eigenvalue weighted by atomic mass is 10.0. The van der Waals surface area contributed by atoms with Crippen molar-refractivity contribution in [3.8, 4) is 0 Å². The molecule has 110 valence electrons. The fraction of sp³-hybridized carbons (Fsp3) is 0.538. The van der Waals surface area contributed by atoms with Crippen LogP contribution in [0.3, 0.4) is 0 Å². The highest BCUT2D eigenvalue weighted by Crippen LogP contribution is 2.16. The minimum absolute atomic E-state index is 0. The zero-order valence-electron chi connectivity index (χ0n) is 11.0. The van der Waals surface area contributed by atoms with E-state index >= 15 is 0 Å². The van der Waals surface area contributed by atoms with Crippen LogP contribution in [0.25, 0.3) is 0 Å². The molecule has 19 heavy (non-hydrogen) atoms. The van der Waals surface area contributed by atoms with Gasteiger partial charge in [0.1, 0.15) is 0 Å². The number of aliphatic hydroxyl groups excluding tert-OH is 1. The van der Waals surface area contributed by atoms with Crippen LogP contribution in [0.4, 0.5) is 0 Å². The van der Waals surface area contributed by atoms with Gasteiger partial charge in [-0.1, -0.05) is 30.3 Å². The number of rotatable bonds is 4. The molecule has 6 heteroatoms. The van der Waals surface area contributed by atoms with E-state index < -0.39 is 6.10 Å². The molecule has 0 aliphatic carbocycles. The number of morpholine rings is 1. The third kappa shape index (κ3) is 5.72. The molecule has 1 aliphatic rings. The maximum atomic E-state index is 10.1. The standard InChI is InChI=1S/C13H20N2O2.2H2S/c14-12(10-15-6-8-17-9-7-15)13(16)11-4-2-1-3-5-11;;/h1-5,12-13,16H,6-10,14H2;2*1H2/t12-,13-;;/m0../s1.